The normalized spacial score (nSPS) is 16.0. The third-order valence-corrected chi connectivity index (χ3v) is 13.2. The van der Waals surface area contributed by atoms with E-state index >= 15 is 0 Å². The number of aliphatic hydroxyl groups excluding tert-OH is 2. The van der Waals surface area contributed by atoms with E-state index in [-0.39, 0.29) is 128 Å². The number of hydrogen-bond acceptors (Lipinski definition) is 13. The van der Waals surface area contributed by atoms with Crippen LogP contribution < -0.4 is 0 Å². The van der Waals surface area contributed by atoms with Gasteiger partial charge in [-0.25, -0.2) is 18.4 Å². The molecule has 16 heteroatoms. The zero-order chi connectivity index (χ0) is 87.9. The Hall–Kier alpha value is -6.65. The number of fused-ring (bicyclic) bond motifs is 6. The SMILES string of the molecule is C.CO.CO.CS(=O)(=O)[O-].[2H]C([2H])([2H])c1c[c-]c(-c2cc(C([2H])([2H])[2H])c(C([2H])([2H])[2H])cn2)cc1.[2H]C([2H])([2H])c1ccc(-c2cc(C)c(C([2H])([2H])[2H])cn2)cc1.[2H][2H].[2H][2H].[2H][2H].[2H][2H].[2H]c1c(C([2H])([2H])[2H])cnc(-c2[c-]ccc3c2sc2nc(C)ccc23)c1[2H].[2H]c1c(C([2H])([2H])[2H])cnc(-c2[c-]ccc3c2sc2nc(C)ccc23)c1[2H].[Ir].[Ir]. The number of rotatable bonds is 4. The maximum absolute atomic E-state index is 9.08. The molecule has 4 aromatic carbocycles. The standard InChI is InChI=1S/2C18H13N2S.C14H15N.C14H14N.CH4O3S.2CH4O.CH4.2Ir.4H2/c2*1-11-6-9-16(19-10-11)15-5-3-4-13-14-8-7-12(2)20-18(14)21-17(13)15;2*1-10-4-6-13(7-5-10)14-8-11(2)12(3)9-15-14;1-5(2,3)4;2*1-2;;;;;;;/h2*3-4,6-10H,1-2H3;4-9H,1-3H3;4-6,8-9H,1-3H3;1H3,(H,2,3,4);2*2H,1H3;1H4;;;4*1H/q2*-1;;-1;;;;;;;;;;/p-1/i2*1D3,6D,9D;1D3,3D3;1D3,2D3,3D3;;;;;;;4*1+1D. The molecule has 0 fully saturated rings. The fourth-order valence-corrected chi connectivity index (χ4v) is 9.65. The van der Waals surface area contributed by atoms with Crippen LogP contribution >= 0.6 is 22.7 Å². The van der Waals surface area contributed by atoms with Crippen molar-refractivity contribution >= 4 is 73.4 Å². The number of aryl methyl sites for hydroxylation is 10. The van der Waals surface area contributed by atoms with E-state index < -0.39 is 58.1 Å². The molecular weight excluding hydrogens is 1460 g/mol. The molecule has 11 nitrogen and oxygen atoms in total. The van der Waals surface area contributed by atoms with Gasteiger partial charge in [-0.15, -0.1) is 82.9 Å². The molecule has 84 heavy (non-hydrogen) atoms. The van der Waals surface area contributed by atoms with Gasteiger partial charge in [0.1, 0.15) is 9.66 Å². The third-order valence-electron chi connectivity index (χ3n) is 10.9. The zero-order valence-corrected chi connectivity index (χ0v) is 52.1. The second-order valence-corrected chi connectivity index (χ2v) is 20.2. The molecule has 0 spiro atoms. The van der Waals surface area contributed by atoms with E-state index in [0.717, 1.165) is 78.0 Å². The first-order chi connectivity index (χ1) is 52.9. The summed E-state index contributed by atoms with van der Waals surface area (Å²) in [7, 11) is -1.92. The number of thiophene rings is 2. The molecule has 0 saturated carbocycles. The number of benzene rings is 4. The summed E-state index contributed by atoms with van der Waals surface area (Å²) in [5.74, 6) is 0. The topological polar surface area (TPSA) is 175 Å². The predicted molar refractivity (Wildman–Crippen MR) is 351 cm³/mol. The van der Waals surface area contributed by atoms with Crippen molar-refractivity contribution < 1.29 is 110 Å². The maximum atomic E-state index is 9.08. The average Bonchev–Trinajstić information content (AvgIpc) is 1.62. The van der Waals surface area contributed by atoms with Crippen molar-refractivity contribution in [2.24, 2.45) is 0 Å². The number of aliphatic hydroxyl groups is 2. The summed E-state index contributed by atoms with van der Waals surface area (Å²) in [6.07, 6.45) is 5.33. The summed E-state index contributed by atoms with van der Waals surface area (Å²) in [6, 6.07) is 36.7. The van der Waals surface area contributed by atoms with Crippen LogP contribution in [0.25, 0.3) is 85.6 Å². The van der Waals surface area contributed by atoms with Crippen LogP contribution in [0.2, 0.25) is 0 Å². The summed E-state index contributed by atoms with van der Waals surface area (Å²) < 4.78 is 258. The van der Waals surface area contributed by atoms with E-state index in [9.17, 15) is 0 Å². The summed E-state index contributed by atoms with van der Waals surface area (Å²) in [5.41, 5.74) is 5.69. The quantitative estimate of drug-likeness (QED) is 0.127. The van der Waals surface area contributed by atoms with Gasteiger partial charge in [0.2, 0.25) is 0 Å². The van der Waals surface area contributed by atoms with Gasteiger partial charge >= 0.3 is 0 Å². The van der Waals surface area contributed by atoms with E-state index in [2.05, 4.69) is 48.1 Å². The van der Waals surface area contributed by atoms with E-state index in [1.54, 1.807) is 37.3 Å². The van der Waals surface area contributed by atoms with Gasteiger partial charge in [0, 0.05) is 143 Å². The van der Waals surface area contributed by atoms with Crippen LogP contribution in [-0.4, -0.2) is 73.6 Å². The molecule has 0 aliphatic carbocycles. The third kappa shape index (κ3) is 19.7. The Morgan fingerprint density at radius 1 is 0.524 bits per heavy atom. The van der Waals surface area contributed by atoms with E-state index in [4.69, 9.17) is 69.3 Å². The Bertz CT molecular complexity index is 5050. The fourth-order valence-electron chi connectivity index (χ4n) is 7.22. The van der Waals surface area contributed by atoms with Gasteiger partial charge in [0.05, 0.1) is 21.3 Å². The fraction of sp³-hybridized carbons (Fsp3) is 0.206. The molecule has 12 aromatic rings. The van der Waals surface area contributed by atoms with Gasteiger partial charge < -0.3 is 29.7 Å². The summed E-state index contributed by atoms with van der Waals surface area (Å²) in [4.78, 5) is 27.5. The molecular formula is C68H78Ir2N6O5S3-4. The second-order valence-electron chi connectivity index (χ2n) is 16.8. The Morgan fingerprint density at radius 2 is 0.964 bits per heavy atom. The van der Waals surface area contributed by atoms with Crippen LogP contribution in [0.4, 0.5) is 0 Å². The Kier molecular flexibility index (Phi) is 15.4. The molecule has 0 atom stereocenters. The van der Waals surface area contributed by atoms with Crippen LogP contribution in [0.15, 0.2) is 152 Å². The van der Waals surface area contributed by atoms with Crippen molar-refractivity contribution in [2.75, 3.05) is 20.5 Å². The Labute approximate surface area is 578 Å². The molecule has 2 radical (unpaired) electrons. The molecule has 0 bridgehead atoms. The Balaban J connectivity index is 0. The van der Waals surface area contributed by atoms with Gasteiger partial charge in [0.15, 0.2) is 0 Å². The average molecular weight is 1570 g/mol. The van der Waals surface area contributed by atoms with Crippen molar-refractivity contribution in [1.82, 2.24) is 29.9 Å². The van der Waals surface area contributed by atoms with Gasteiger partial charge in [-0.1, -0.05) is 103 Å². The van der Waals surface area contributed by atoms with Crippen molar-refractivity contribution in [1.29, 1.82) is 0 Å². The van der Waals surface area contributed by atoms with E-state index in [0.29, 0.717) is 34.2 Å². The smallest absolute Gasteiger partial charge is 0.113 e. The molecule has 0 aliphatic heterocycles. The van der Waals surface area contributed by atoms with Crippen LogP contribution in [0, 0.1) is 86.9 Å². The molecule has 0 amide bonds. The first-order valence-corrected chi connectivity index (χ1v) is 27.2. The number of pyridine rings is 6. The number of hydrogen-bond donors (Lipinski definition) is 2. The van der Waals surface area contributed by atoms with Crippen LogP contribution in [-0.2, 0) is 50.3 Å². The molecule has 2 N–H and O–H groups in total. The Morgan fingerprint density at radius 3 is 1.40 bits per heavy atom. The second kappa shape index (κ2) is 33.7. The molecule has 8 aromatic heterocycles. The largest absolute Gasteiger partial charge is 0.748 e. The number of aromatic nitrogens is 6. The van der Waals surface area contributed by atoms with Gasteiger partial charge in [-0.2, -0.15) is 22.7 Å². The molecule has 450 valence electrons. The van der Waals surface area contributed by atoms with Gasteiger partial charge in [-0.05, 0) is 145 Å². The minimum atomic E-state index is -3.92. The van der Waals surface area contributed by atoms with E-state index in [1.807, 2.05) is 50.2 Å². The molecule has 0 saturated heterocycles. The first-order valence-electron chi connectivity index (χ1n) is 40.2. The number of nitrogens with zero attached hydrogens (tertiary/aromatic N) is 6. The van der Waals surface area contributed by atoms with Crippen molar-refractivity contribution in [3.63, 3.8) is 0 Å². The van der Waals surface area contributed by atoms with Crippen LogP contribution in [0.3, 0.4) is 0 Å². The minimum absolute atomic E-state index is 0. The van der Waals surface area contributed by atoms with Gasteiger partial charge in [0.25, 0.3) is 0 Å². The van der Waals surface area contributed by atoms with Crippen molar-refractivity contribution in [3.8, 4) is 45.0 Å². The van der Waals surface area contributed by atoms with E-state index in [1.165, 1.54) is 77.7 Å². The molecule has 0 unspecified atom stereocenters. The van der Waals surface area contributed by atoms with Gasteiger partial charge in [-0.3, -0.25) is 4.98 Å². The summed E-state index contributed by atoms with van der Waals surface area (Å²) in [5, 5.41) is 18.0. The predicted octanol–water partition coefficient (Wildman–Crippen LogP) is 17.0. The monoisotopic (exact) mass is 1570 g/mol. The zero-order valence-electron chi connectivity index (χ0n) is 77.8. The first kappa shape index (κ1) is 38.4. The summed E-state index contributed by atoms with van der Waals surface area (Å²) >= 11 is 2.97. The molecule has 8 heterocycles. The molecule has 12 rings (SSSR count). The van der Waals surface area contributed by atoms with Crippen LogP contribution in [0.5, 0.6) is 0 Å². The summed E-state index contributed by atoms with van der Waals surface area (Å²) in [6.45, 7) is -11.1. The molecule has 0 aliphatic rings. The maximum Gasteiger partial charge on any atom is 0.113 e. The van der Waals surface area contributed by atoms with Crippen LogP contribution in [0.1, 0.15) is 109 Å². The van der Waals surface area contributed by atoms with Crippen molar-refractivity contribution in [2.45, 2.75) is 76.2 Å². The van der Waals surface area contributed by atoms with Crippen molar-refractivity contribution in [3.05, 3.63) is 226 Å². The minimum Gasteiger partial charge on any atom is -0.748 e.